The van der Waals surface area contributed by atoms with Gasteiger partial charge < -0.3 is 19.2 Å². The topological polar surface area (TPSA) is 73.6 Å². The Balaban J connectivity index is 0.000000733. The van der Waals surface area contributed by atoms with Crippen LogP contribution in [-0.4, -0.2) is 25.2 Å². The smallest absolute Gasteiger partial charge is 0.373 e. The van der Waals surface area contributed by atoms with Crippen molar-refractivity contribution in [2.75, 3.05) is 14.2 Å². The second-order valence-corrected chi connectivity index (χ2v) is 9.04. The second kappa shape index (κ2) is 14.1. The van der Waals surface area contributed by atoms with Crippen LogP contribution in [0.3, 0.4) is 0 Å². The maximum Gasteiger partial charge on any atom is 0.373 e. The molecule has 2 heterocycles. The Kier molecular flexibility index (Phi) is 11.9. The van der Waals surface area contributed by atoms with Gasteiger partial charge in [-0.25, -0.2) is 4.79 Å². The summed E-state index contributed by atoms with van der Waals surface area (Å²) in [4.78, 5) is 16.0. The SMILES string of the molecule is CC.CC(C)(C)C.COC(=O)c1cc(CNC2=CC=C(c3ccc(OC)cn3)C=CC2)c(C)o1. The Morgan fingerprint density at radius 3 is 2.38 bits per heavy atom. The zero-order chi connectivity index (χ0) is 25.7. The van der Waals surface area contributed by atoms with Crippen LogP contribution in [0.4, 0.5) is 0 Å². The monoisotopic (exact) mass is 468 g/mol. The first kappa shape index (κ1) is 28.8. The lowest BCUT2D eigenvalue weighted by Gasteiger charge is -2.07. The van der Waals surface area contributed by atoms with Gasteiger partial charge in [0.05, 0.1) is 26.1 Å². The fourth-order valence-electron chi connectivity index (χ4n) is 2.71. The van der Waals surface area contributed by atoms with Gasteiger partial charge in [-0.2, -0.15) is 0 Å². The van der Waals surface area contributed by atoms with Crippen molar-refractivity contribution in [3.8, 4) is 5.75 Å². The molecule has 1 N–H and O–H groups in total. The number of allylic oxidation sites excluding steroid dienone is 5. The standard InChI is InChI=1S/C21H22N2O4.C5H12.C2H6/c1-14-16(11-20(27-14)21(24)26-3)12-22-17-6-4-5-15(7-8-17)19-10-9-18(25-2)13-23-19;1-5(2,3)4;1-2/h4-5,7-11,13,22H,6,12H2,1-3H3;1-4H3;1-2H3. The molecule has 0 atom stereocenters. The van der Waals surface area contributed by atoms with Gasteiger partial charge in [-0.15, -0.1) is 0 Å². The fraction of sp³-hybridized carbons (Fsp3) is 0.429. The molecule has 6 nitrogen and oxygen atoms in total. The molecule has 1 aliphatic carbocycles. The Labute approximate surface area is 204 Å². The molecule has 0 radical (unpaired) electrons. The highest BCUT2D eigenvalue weighted by Gasteiger charge is 2.14. The van der Waals surface area contributed by atoms with Crippen LogP contribution < -0.4 is 10.1 Å². The van der Waals surface area contributed by atoms with Crippen LogP contribution in [0, 0.1) is 12.3 Å². The molecule has 186 valence electrons. The van der Waals surface area contributed by atoms with E-state index in [1.807, 2.05) is 45.1 Å². The number of esters is 1. The lowest BCUT2D eigenvalue weighted by Crippen LogP contribution is -2.12. The first-order chi connectivity index (χ1) is 16.1. The number of pyridine rings is 1. The lowest BCUT2D eigenvalue weighted by molar-refractivity contribution is 0.0563. The van der Waals surface area contributed by atoms with Crippen LogP contribution in [0.5, 0.6) is 5.75 Å². The quantitative estimate of drug-likeness (QED) is 0.466. The molecule has 6 heteroatoms. The molecule has 2 aromatic rings. The van der Waals surface area contributed by atoms with Gasteiger partial charge in [-0.05, 0) is 42.2 Å². The van der Waals surface area contributed by atoms with Crippen molar-refractivity contribution < 1.29 is 18.7 Å². The summed E-state index contributed by atoms with van der Waals surface area (Å²) in [6, 6.07) is 5.54. The van der Waals surface area contributed by atoms with E-state index in [0.717, 1.165) is 34.7 Å². The molecule has 3 rings (SSSR count). The first-order valence-electron chi connectivity index (χ1n) is 11.6. The number of aryl methyl sites for hydroxylation is 1. The number of aromatic nitrogens is 1. The molecule has 0 aliphatic heterocycles. The summed E-state index contributed by atoms with van der Waals surface area (Å²) in [7, 11) is 2.96. The van der Waals surface area contributed by atoms with Crippen LogP contribution >= 0.6 is 0 Å². The molecule has 0 spiro atoms. The van der Waals surface area contributed by atoms with Crippen molar-refractivity contribution in [2.45, 2.75) is 61.4 Å². The molecule has 1 aliphatic rings. The molecule has 0 bridgehead atoms. The van der Waals surface area contributed by atoms with Crippen molar-refractivity contribution in [1.29, 1.82) is 0 Å². The number of methoxy groups -OCH3 is 2. The van der Waals surface area contributed by atoms with E-state index in [1.54, 1.807) is 19.4 Å². The minimum Gasteiger partial charge on any atom is -0.495 e. The van der Waals surface area contributed by atoms with Gasteiger partial charge in [0.1, 0.15) is 11.5 Å². The van der Waals surface area contributed by atoms with Gasteiger partial charge in [0, 0.05) is 24.2 Å². The maximum absolute atomic E-state index is 11.6. The molecule has 0 saturated heterocycles. The number of ether oxygens (including phenoxy) is 2. The first-order valence-corrected chi connectivity index (χ1v) is 11.6. The summed E-state index contributed by atoms with van der Waals surface area (Å²) in [5, 5.41) is 3.39. The van der Waals surface area contributed by atoms with Crippen LogP contribution in [-0.2, 0) is 11.3 Å². The van der Waals surface area contributed by atoms with E-state index < -0.39 is 5.97 Å². The Morgan fingerprint density at radius 1 is 1.15 bits per heavy atom. The number of hydrogen-bond donors (Lipinski definition) is 1. The lowest BCUT2D eigenvalue weighted by atomic mass is 10.0. The van der Waals surface area contributed by atoms with Gasteiger partial charge >= 0.3 is 5.97 Å². The van der Waals surface area contributed by atoms with Gasteiger partial charge in [-0.1, -0.05) is 59.8 Å². The third kappa shape index (κ3) is 10.1. The number of hydrogen-bond acceptors (Lipinski definition) is 6. The van der Waals surface area contributed by atoms with Gasteiger partial charge in [0.25, 0.3) is 0 Å². The van der Waals surface area contributed by atoms with Gasteiger partial charge in [0.2, 0.25) is 5.76 Å². The van der Waals surface area contributed by atoms with Crippen molar-refractivity contribution in [3.63, 3.8) is 0 Å². The predicted molar refractivity (Wildman–Crippen MR) is 139 cm³/mol. The number of furan rings is 1. The maximum atomic E-state index is 11.6. The van der Waals surface area contributed by atoms with E-state index in [9.17, 15) is 4.79 Å². The minimum absolute atomic E-state index is 0.217. The minimum atomic E-state index is -0.472. The number of nitrogens with one attached hydrogen (secondary N) is 1. The predicted octanol–water partition coefficient (Wildman–Crippen LogP) is 6.87. The Hall–Kier alpha value is -3.28. The average molecular weight is 469 g/mol. The molecule has 0 fully saturated rings. The summed E-state index contributed by atoms with van der Waals surface area (Å²) >= 11 is 0. The van der Waals surface area contributed by atoms with Crippen molar-refractivity contribution in [1.82, 2.24) is 10.3 Å². The number of carbonyl (C=O) groups is 1. The summed E-state index contributed by atoms with van der Waals surface area (Å²) in [5.74, 6) is 1.18. The molecule has 0 saturated carbocycles. The van der Waals surface area contributed by atoms with Crippen LogP contribution in [0.25, 0.3) is 5.57 Å². The molecule has 2 aromatic heterocycles. The van der Waals surface area contributed by atoms with Gasteiger partial charge in [-0.3, -0.25) is 4.98 Å². The largest absolute Gasteiger partial charge is 0.495 e. The normalized spacial score (nSPS) is 12.6. The zero-order valence-electron chi connectivity index (χ0n) is 22.1. The summed E-state index contributed by atoms with van der Waals surface area (Å²) in [6.45, 7) is 15.1. The number of carbonyl (C=O) groups excluding carboxylic acids is 1. The summed E-state index contributed by atoms with van der Waals surface area (Å²) < 4.78 is 15.3. The van der Waals surface area contributed by atoms with Crippen LogP contribution in [0.1, 0.15) is 75.5 Å². The highest BCUT2D eigenvalue weighted by molar-refractivity contribution is 5.86. The molecular weight excluding hydrogens is 428 g/mol. The molecule has 0 aromatic carbocycles. The van der Waals surface area contributed by atoms with Crippen molar-refractivity contribution in [3.05, 3.63) is 77.2 Å². The molecular formula is C28H40N2O4. The van der Waals surface area contributed by atoms with Crippen molar-refractivity contribution >= 4 is 11.5 Å². The third-order valence-corrected chi connectivity index (χ3v) is 4.28. The Morgan fingerprint density at radius 2 is 1.82 bits per heavy atom. The summed E-state index contributed by atoms with van der Waals surface area (Å²) in [5.41, 5.74) is 4.40. The highest BCUT2D eigenvalue weighted by Crippen LogP contribution is 2.21. The zero-order valence-corrected chi connectivity index (χ0v) is 22.1. The highest BCUT2D eigenvalue weighted by atomic mass is 16.5. The Bertz CT molecular complexity index is 984. The van der Waals surface area contributed by atoms with Crippen LogP contribution in [0.15, 0.2) is 58.8 Å². The van der Waals surface area contributed by atoms with E-state index in [0.29, 0.717) is 17.7 Å². The van der Waals surface area contributed by atoms with E-state index in [1.165, 1.54) is 7.11 Å². The molecule has 34 heavy (non-hydrogen) atoms. The van der Waals surface area contributed by atoms with Crippen LogP contribution in [0.2, 0.25) is 0 Å². The van der Waals surface area contributed by atoms with E-state index >= 15 is 0 Å². The summed E-state index contributed by atoms with van der Waals surface area (Å²) in [6.07, 6.45) is 10.7. The molecule has 0 unspecified atom stereocenters. The second-order valence-electron chi connectivity index (χ2n) is 9.04. The van der Waals surface area contributed by atoms with Gasteiger partial charge in [0.15, 0.2) is 0 Å². The average Bonchev–Trinajstić information content (AvgIpc) is 3.03. The number of nitrogens with zero attached hydrogens (tertiary/aromatic N) is 1. The third-order valence-electron chi connectivity index (χ3n) is 4.28. The van der Waals surface area contributed by atoms with Crippen molar-refractivity contribution in [2.24, 2.45) is 5.41 Å². The number of rotatable bonds is 6. The molecule has 0 amide bonds. The fourth-order valence-corrected chi connectivity index (χ4v) is 2.71. The van der Waals surface area contributed by atoms with E-state index in [4.69, 9.17) is 9.15 Å². The van der Waals surface area contributed by atoms with E-state index in [-0.39, 0.29) is 5.76 Å². The van der Waals surface area contributed by atoms with E-state index in [2.05, 4.69) is 54.9 Å².